The van der Waals surface area contributed by atoms with Crippen LogP contribution in [0, 0.1) is 0 Å². The number of urea groups is 1. The van der Waals surface area contributed by atoms with Crippen molar-refractivity contribution in [3.8, 4) is 11.3 Å². The third kappa shape index (κ3) is 2.09. The van der Waals surface area contributed by atoms with Gasteiger partial charge in [-0.15, -0.1) is 0 Å². The van der Waals surface area contributed by atoms with Gasteiger partial charge in [-0.25, -0.2) is 9.78 Å². The van der Waals surface area contributed by atoms with Crippen LogP contribution in [0.5, 0.6) is 0 Å². The lowest BCUT2D eigenvalue weighted by Crippen LogP contribution is -2.34. The Labute approximate surface area is 125 Å². The fourth-order valence-corrected chi connectivity index (χ4v) is 2.46. The summed E-state index contributed by atoms with van der Waals surface area (Å²) in [5, 5.41) is 3.72. The Kier molecular flexibility index (Phi) is 3.23. The number of anilines is 2. The third-order valence-corrected chi connectivity index (χ3v) is 3.41. The van der Waals surface area contributed by atoms with Crippen molar-refractivity contribution in [1.82, 2.24) is 9.97 Å². The molecule has 2 aromatic heterocycles. The zero-order chi connectivity index (χ0) is 14.3. The molecule has 1 aliphatic rings. The van der Waals surface area contributed by atoms with Crippen LogP contribution in [-0.4, -0.2) is 22.5 Å². The van der Waals surface area contributed by atoms with Crippen LogP contribution in [0.15, 0.2) is 24.5 Å². The first kappa shape index (κ1) is 13.1. The second-order valence-corrected chi connectivity index (χ2v) is 5.12. The predicted octanol–water partition coefficient (Wildman–Crippen LogP) is 3.82. The molecule has 3 heterocycles. The Hall–Kier alpha value is -1.85. The molecule has 1 N–H and O–H groups in total. The second-order valence-electron chi connectivity index (χ2n) is 4.25. The number of nitrogens with zero attached hydrogens (tertiary/aromatic N) is 3. The van der Waals surface area contributed by atoms with Crippen molar-refractivity contribution in [2.45, 2.75) is 6.92 Å². The maximum Gasteiger partial charge on any atom is 0.327 e. The van der Waals surface area contributed by atoms with Crippen molar-refractivity contribution < 1.29 is 4.79 Å². The minimum Gasteiger partial charge on any atom is -0.305 e. The number of carbonyl (C=O) groups excluding carboxylic acids is 1. The highest BCUT2D eigenvalue weighted by atomic mass is 35.5. The van der Waals surface area contributed by atoms with E-state index < -0.39 is 0 Å². The van der Waals surface area contributed by atoms with Gasteiger partial charge in [0.2, 0.25) is 0 Å². The van der Waals surface area contributed by atoms with Gasteiger partial charge in [-0.1, -0.05) is 23.2 Å². The molecule has 0 unspecified atom stereocenters. The molecule has 0 saturated carbocycles. The first-order chi connectivity index (χ1) is 9.60. The van der Waals surface area contributed by atoms with E-state index in [1.165, 1.54) is 17.3 Å². The molecule has 0 fully saturated rings. The van der Waals surface area contributed by atoms with Crippen molar-refractivity contribution in [3.05, 3.63) is 34.6 Å². The minimum absolute atomic E-state index is 0.272. The van der Waals surface area contributed by atoms with Crippen LogP contribution in [0.2, 0.25) is 10.0 Å². The van der Waals surface area contributed by atoms with E-state index in [1.54, 1.807) is 12.1 Å². The lowest BCUT2D eigenvalue weighted by atomic mass is 10.1. The van der Waals surface area contributed by atoms with Crippen LogP contribution in [0.1, 0.15) is 6.92 Å². The lowest BCUT2D eigenvalue weighted by molar-refractivity contribution is 0.257. The van der Waals surface area contributed by atoms with Gasteiger partial charge >= 0.3 is 6.03 Å². The zero-order valence-electron chi connectivity index (χ0n) is 10.5. The van der Waals surface area contributed by atoms with E-state index in [0.717, 1.165) is 0 Å². The van der Waals surface area contributed by atoms with Crippen LogP contribution in [0.4, 0.5) is 16.3 Å². The zero-order valence-corrected chi connectivity index (χ0v) is 12.0. The van der Waals surface area contributed by atoms with Gasteiger partial charge in [0.15, 0.2) is 0 Å². The highest BCUT2D eigenvalue weighted by Crippen LogP contribution is 2.38. The monoisotopic (exact) mass is 308 g/mol. The van der Waals surface area contributed by atoms with Gasteiger partial charge in [-0.2, -0.15) is 0 Å². The molecule has 102 valence electrons. The van der Waals surface area contributed by atoms with Gasteiger partial charge in [0.1, 0.15) is 5.82 Å². The van der Waals surface area contributed by atoms with Gasteiger partial charge in [-0.05, 0) is 19.1 Å². The average molecular weight is 309 g/mol. The van der Waals surface area contributed by atoms with Gasteiger partial charge < -0.3 is 5.32 Å². The van der Waals surface area contributed by atoms with Crippen molar-refractivity contribution in [3.63, 3.8) is 0 Å². The molecule has 0 radical (unpaired) electrons. The summed E-state index contributed by atoms with van der Waals surface area (Å²) in [4.78, 5) is 22.3. The maximum absolute atomic E-state index is 12.2. The van der Waals surface area contributed by atoms with E-state index in [1.807, 2.05) is 6.92 Å². The van der Waals surface area contributed by atoms with Crippen LogP contribution in [0.3, 0.4) is 0 Å². The highest BCUT2D eigenvalue weighted by Gasteiger charge is 2.26. The highest BCUT2D eigenvalue weighted by molar-refractivity contribution is 6.31. The van der Waals surface area contributed by atoms with E-state index in [9.17, 15) is 4.79 Å². The summed E-state index contributed by atoms with van der Waals surface area (Å²) in [5.74, 6) is 0.531. The molecule has 0 aliphatic carbocycles. The molecule has 2 aromatic rings. The minimum atomic E-state index is -0.272. The predicted molar refractivity (Wildman–Crippen MR) is 79.5 cm³/mol. The third-order valence-electron chi connectivity index (χ3n) is 3.00. The fraction of sp³-hybridized carbons (Fsp3) is 0.154. The van der Waals surface area contributed by atoms with Crippen molar-refractivity contribution in [2.24, 2.45) is 0 Å². The summed E-state index contributed by atoms with van der Waals surface area (Å²) >= 11 is 12.0. The van der Waals surface area contributed by atoms with Gasteiger partial charge in [0.25, 0.3) is 0 Å². The van der Waals surface area contributed by atoms with E-state index in [2.05, 4.69) is 15.3 Å². The van der Waals surface area contributed by atoms with Gasteiger partial charge in [0, 0.05) is 24.5 Å². The summed E-state index contributed by atoms with van der Waals surface area (Å²) in [7, 11) is 0. The Balaban J connectivity index is 2.31. The fourth-order valence-electron chi connectivity index (χ4n) is 2.14. The summed E-state index contributed by atoms with van der Waals surface area (Å²) in [6.45, 7) is 2.35. The Morgan fingerprint density at radius 2 is 1.90 bits per heavy atom. The number of hydrogen-bond acceptors (Lipinski definition) is 3. The maximum atomic E-state index is 12.2. The van der Waals surface area contributed by atoms with E-state index in [-0.39, 0.29) is 6.03 Å². The lowest BCUT2D eigenvalue weighted by Gasteiger charge is -2.19. The molecule has 2 amide bonds. The van der Waals surface area contributed by atoms with Crippen LogP contribution in [0.25, 0.3) is 11.3 Å². The number of nitrogens with one attached hydrogen (secondary N) is 1. The van der Waals surface area contributed by atoms with Crippen LogP contribution < -0.4 is 10.2 Å². The molecule has 20 heavy (non-hydrogen) atoms. The number of fused-ring (bicyclic) bond motifs is 3. The van der Waals surface area contributed by atoms with E-state index in [0.29, 0.717) is 39.4 Å². The first-order valence-corrected chi connectivity index (χ1v) is 6.75. The first-order valence-electron chi connectivity index (χ1n) is 6.00. The number of rotatable bonds is 1. The van der Waals surface area contributed by atoms with Crippen LogP contribution >= 0.6 is 23.2 Å². The molecule has 0 spiro atoms. The summed E-state index contributed by atoms with van der Waals surface area (Å²) < 4.78 is 0. The molecule has 0 saturated heterocycles. The van der Waals surface area contributed by atoms with Crippen molar-refractivity contribution in [2.75, 3.05) is 16.8 Å². The summed E-state index contributed by atoms with van der Waals surface area (Å²) in [6, 6.07) is 3.13. The molecule has 5 nitrogen and oxygen atoms in total. The van der Waals surface area contributed by atoms with Gasteiger partial charge in [-0.3, -0.25) is 9.88 Å². The van der Waals surface area contributed by atoms with E-state index >= 15 is 0 Å². The molecule has 3 rings (SSSR count). The normalized spacial score (nSPS) is 13.3. The smallest absolute Gasteiger partial charge is 0.305 e. The number of hydrogen-bond donors (Lipinski definition) is 1. The number of carbonyl (C=O) groups is 1. The number of halogens is 2. The Morgan fingerprint density at radius 3 is 2.65 bits per heavy atom. The molecular formula is C13H10Cl2N4O. The summed E-state index contributed by atoms with van der Waals surface area (Å²) in [6.07, 6.45) is 3.04. The summed E-state index contributed by atoms with van der Waals surface area (Å²) in [5.41, 5.74) is 1.84. The standard InChI is InChI=1S/C13H10Cl2N4O/c1-2-19-12-9(3-7(14)6-17-12)11-10(18-13(19)20)4-8(15)5-16-11/h3-6H,2H2,1H3,(H,18,20). The van der Waals surface area contributed by atoms with Crippen molar-refractivity contribution >= 4 is 40.7 Å². The molecular weight excluding hydrogens is 299 g/mol. The average Bonchev–Trinajstić information content (AvgIpc) is 2.51. The molecule has 7 heteroatoms. The molecule has 0 bridgehead atoms. The quantitative estimate of drug-likeness (QED) is 0.871. The number of pyridine rings is 2. The number of aromatic nitrogens is 2. The van der Waals surface area contributed by atoms with Crippen molar-refractivity contribution in [1.29, 1.82) is 0 Å². The molecule has 1 aliphatic heterocycles. The Bertz CT molecular complexity index is 705. The van der Waals surface area contributed by atoms with Crippen LogP contribution in [-0.2, 0) is 0 Å². The largest absolute Gasteiger partial charge is 0.327 e. The SMILES string of the molecule is CCN1C(=O)Nc2cc(Cl)cnc2-c2cc(Cl)cnc21. The second kappa shape index (κ2) is 4.92. The number of amides is 2. The van der Waals surface area contributed by atoms with E-state index in [4.69, 9.17) is 23.2 Å². The topological polar surface area (TPSA) is 58.1 Å². The Morgan fingerprint density at radius 1 is 1.20 bits per heavy atom. The van der Waals surface area contributed by atoms with Gasteiger partial charge in [0.05, 0.1) is 21.4 Å². The molecule has 0 aromatic carbocycles. The molecule has 0 atom stereocenters.